The van der Waals surface area contributed by atoms with Gasteiger partial charge >= 0.3 is 5.97 Å². The Hall–Kier alpha value is -1.02. The standard InChI is InChI=1S/C30H54O7/c1-12-23-28(33)27(32)20(7)26(31)16(3)14-30(10,35-11)21(8)18(5)25(19(6)29(34)37-23)24-13-15(2)17(4)22(9)36-24/h15-25,27-28,32-33H,12-14H2,1-11H3/t15-,16+,17+,18+,19+,20-,21+,22-,23+,24+,25?,27+,28+,30+/m0/s1. The van der Waals surface area contributed by atoms with Gasteiger partial charge in [0, 0.05) is 24.9 Å². The van der Waals surface area contributed by atoms with E-state index in [1.54, 1.807) is 21.0 Å². The SMILES string of the molecule is CC[C@H]1OC(=O)[C@H](C)C([C@H]2C[C@H](C)[C@@H](C)[C@H](C)O2)[C@H](C)[C@@H](C)[C@](C)(OC)C[C@@H](C)C(=O)[C@H](C)[C@@H](O)[C@@H]1O. The molecule has 7 nitrogen and oxygen atoms in total. The maximum Gasteiger partial charge on any atom is 0.309 e. The lowest BCUT2D eigenvalue weighted by Gasteiger charge is -2.48. The Balaban J connectivity index is 2.58. The van der Waals surface area contributed by atoms with E-state index in [-0.39, 0.29) is 41.7 Å². The Bertz CT molecular complexity index is 759. The number of Topliss-reactive ketones (excluding diaryl/α,β-unsaturated/α-hetero) is 1. The molecule has 2 aliphatic heterocycles. The predicted molar refractivity (Wildman–Crippen MR) is 144 cm³/mol. The number of hydrogen-bond donors (Lipinski definition) is 2. The number of carbonyl (C=O) groups excluding carboxylic acids is 2. The van der Waals surface area contributed by atoms with E-state index in [0.29, 0.717) is 24.7 Å². The summed E-state index contributed by atoms with van der Waals surface area (Å²) in [6, 6.07) is 0. The topological polar surface area (TPSA) is 102 Å². The van der Waals surface area contributed by atoms with E-state index in [2.05, 4.69) is 34.6 Å². The maximum atomic E-state index is 13.6. The number of hydrogen-bond acceptors (Lipinski definition) is 7. The summed E-state index contributed by atoms with van der Waals surface area (Å²) >= 11 is 0. The van der Waals surface area contributed by atoms with Crippen molar-refractivity contribution >= 4 is 11.8 Å². The fourth-order valence-electron chi connectivity index (χ4n) is 6.86. The Morgan fingerprint density at radius 1 is 0.946 bits per heavy atom. The second-order valence-corrected chi connectivity index (χ2v) is 12.6. The largest absolute Gasteiger partial charge is 0.459 e. The molecule has 7 heteroatoms. The fourth-order valence-corrected chi connectivity index (χ4v) is 6.86. The van der Waals surface area contributed by atoms with Crippen molar-refractivity contribution in [1.82, 2.24) is 0 Å². The zero-order chi connectivity index (χ0) is 28.4. The molecule has 0 aromatic rings. The van der Waals surface area contributed by atoms with Gasteiger partial charge in [-0.1, -0.05) is 55.4 Å². The van der Waals surface area contributed by atoms with Gasteiger partial charge in [0.2, 0.25) is 0 Å². The number of aliphatic hydroxyl groups is 2. The minimum absolute atomic E-state index is 0.00250. The van der Waals surface area contributed by atoms with Crippen LogP contribution in [-0.4, -0.2) is 65.2 Å². The van der Waals surface area contributed by atoms with Gasteiger partial charge in [0.15, 0.2) is 0 Å². The number of ether oxygens (including phenoxy) is 3. The van der Waals surface area contributed by atoms with Crippen molar-refractivity contribution in [2.45, 2.75) is 125 Å². The highest BCUT2D eigenvalue weighted by atomic mass is 16.6. The zero-order valence-corrected chi connectivity index (χ0v) is 25.1. The first-order chi connectivity index (χ1) is 17.1. The third kappa shape index (κ3) is 6.77. The molecule has 216 valence electrons. The Morgan fingerprint density at radius 2 is 1.54 bits per heavy atom. The smallest absolute Gasteiger partial charge is 0.309 e. The van der Waals surface area contributed by atoms with Gasteiger partial charge in [-0.3, -0.25) is 9.59 Å². The second kappa shape index (κ2) is 12.9. The lowest BCUT2D eigenvalue weighted by Crippen LogP contribution is -2.52. The van der Waals surface area contributed by atoms with Crippen LogP contribution in [0.5, 0.6) is 0 Å². The normalized spacial score (nSPS) is 49.3. The summed E-state index contributed by atoms with van der Waals surface area (Å²) in [4.78, 5) is 26.9. The van der Waals surface area contributed by atoms with Crippen molar-refractivity contribution in [3.05, 3.63) is 0 Å². The van der Waals surface area contributed by atoms with Gasteiger partial charge in [-0.2, -0.15) is 0 Å². The highest BCUT2D eigenvalue weighted by molar-refractivity contribution is 5.83. The molecule has 14 atom stereocenters. The van der Waals surface area contributed by atoms with Gasteiger partial charge in [0.1, 0.15) is 18.0 Å². The number of ketones is 1. The van der Waals surface area contributed by atoms with Crippen LogP contribution in [0.15, 0.2) is 0 Å². The van der Waals surface area contributed by atoms with Crippen LogP contribution in [0.2, 0.25) is 0 Å². The van der Waals surface area contributed by atoms with E-state index in [1.165, 1.54) is 0 Å². The first-order valence-electron chi connectivity index (χ1n) is 14.4. The van der Waals surface area contributed by atoms with Crippen LogP contribution >= 0.6 is 0 Å². The zero-order valence-electron chi connectivity index (χ0n) is 25.1. The van der Waals surface area contributed by atoms with Crippen LogP contribution in [0.25, 0.3) is 0 Å². The highest BCUT2D eigenvalue weighted by Gasteiger charge is 2.48. The molecular formula is C30H54O7. The molecule has 2 saturated heterocycles. The van der Waals surface area contributed by atoms with Crippen molar-refractivity contribution in [1.29, 1.82) is 0 Å². The molecule has 0 aromatic heterocycles. The molecule has 0 aromatic carbocycles. The Morgan fingerprint density at radius 3 is 2.05 bits per heavy atom. The molecule has 0 amide bonds. The van der Waals surface area contributed by atoms with Crippen LogP contribution in [0.4, 0.5) is 0 Å². The number of esters is 1. The number of rotatable bonds is 3. The summed E-state index contributed by atoms with van der Waals surface area (Å²) in [7, 11) is 1.67. The lowest BCUT2D eigenvalue weighted by molar-refractivity contribution is -0.183. The molecule has 0 radical (unpaired) electrons. The van der Waals surface area contributed by atoms with Crippen molar-refractivity contribution in [2.24, 2.45) is 47.3 Å². The van der Waals surface area contributed by atoms with Crippen LogP contribution in [0.1, 0.15) is 88.5 Å². The molecule has 0 bridgehead atoms. The van der Waals surface area contributed by atoms with Gasteiger partial charge in [-0.05, 0) is 56.8 Å². The molecule has 2 fully saturated rings. The third-order valence-corrected chi connectivity index (χ3v) is 10.4. The van der Waals surface area contributed by atoms with E-state index in [9.17, 15) is 19.8 Å². The van der Waals surface area contributed by atoms with E-state index in [1.807, 2.05) is 20.8 Å². The first kappa shape index (κ1) is 32.2. The van der Waals surface area contributed by atoms with Crippen LogP contribution in [0, 0.1) is 47.3 Å². The molecule has 2 aliphatic rings. The number of carbonyl (C=O) groups is 2. The fraction of sp³-hybridized carbons (Fsp3) is 0.933. The summed E-state index contributed by atoms with van der Waals surface area (Å²) in [6.45, 7) is 20.1. The maximum absolute atomic E-state index is 13.6. The predicted octanol–water partition coefficient (Wildman–Crippen LogP) is 4.65. The summed E-state index contributed by atoms with van der Waals surface area (Å²) < 4.78 is 18.5. The number of methoxy groups -OCH3 is 1. The average molecular weight is 527 g/mol. The molecule has 1 unspecified atom stereocenters. The Kier molecular flexibility index (Phi) is 11.2. The van der Waals surface area contributed by atoms with Gasteiger partial charge < -0.3 is 24.4 Å². The van der Waals surface area contributed by atoms with Gasteiger partial charge in [0.25, 0.3) is 0 Å². The molecular weight excluding hydrogens is 472 g/mol. The quantitative estimate of drug-likeness (QED) is 0.516. The minimum Gasteiger partial charge on any atom is -0.459 e. The van der Waals surface area contributed by atoms with E-state index in [0.717, 1.165) is 6.42 Å². The lowest BCUT2D eigenvalue weighted by atomic mass is 9.65. The molecule has 37 heavy (non-hydrogen) atoms. The van der Waals surface area contributed by atoms with Crippen molar-refractivity contribution in [2.75, 3.05) is 7.11 Å². The molecule has 2 N–H and O–H groups in total. The number of cyclic esters (lactones) is 1. The summed E-state index contributed by atoms with van der Waals surface area (Å²) in [5, 5.41) is 21.9. The van der Waals surface area contributed by atoms with E-state index in [4.69, 9.17) is 14.2 Å². The highest BCUT2D eigenvalue weighted by Crippen LogP contribution is 2.45. The summed E-state index contributed by atoms with van der Waals surface area (Å²) in [5.74, 6) is -1.50. The summed E-state index contributed by atoms with van der Waals surface area (Å²) in [5.41, 5.74) is -0.644. The van der Waals surface area contributed by atoms with Crippen LogP contribution in [0.3, 0.4) is 0 Å². The van der Waals surface area contributed by atoms with Crippen LogP contribution < -0.4 is 0 Å². The van der Waals surface area contributed by atoms with E-state index < -0.39 is 41.7 Å². The van der Waals surface area contributed by atoms with Crippen molar-refractivity contribution < 1.29 is 34.0 Å². The third-order valence-electron chi connectivity index (χ3n) is 10.4. The van der Waals surface area contributed by atoms with Gasteiger partial charge in [-0.15, -0.1) is 0 Å². The van der Waals surface area contributed by atoms with Gasteiger partial charge in [-0.25, -0.2) is 0 Å². The number of aliphatic hydroxyl groups excluding tert-OH is 2. The van der Waals surface area contributed by atoms with Gasteiger partial charge in [0.05, 0.1) is 29.8 Å². The molecule has 0 aliphatic carbocycles. The molecule has 0 saturated carbocycles. The van der Waals surface area contributed by atoms with Crippen molar-refractivity contribution in [3.8, 4) is 0 Å². The first-order valence-corrected chi connectivity index (χ1v) is 14.4. The molecule has 0 spiro atoms. The summed E-state index contributed by atoms with van der Waals surface area (Å²) in [6.07, 6.45) is -2.01. The van der Waals surface area contributed by atoms with Crippen LogP contribution in [-0.2, 0) is 23.8 Å². The second-order valence-electron chi connectivity index (χ2n) is 12.6. The molecule has 2 rings (SSSR count). The Labute approximate surface area is 225 Å². The molecule has 2 heterocycles. The van der Waals surface area contributed by atoms with E-state index >= 15 is 0 Å². The average Bonchev–Trinajstić information content (AvgIpc) is 2.86. The van der Waals surface area contributed by atoms with Crippen molar-refractivity contribution in [3.63, 3.8) is 0 Å². The minimum atomic E-state index is -1.36. The monoisotopic (exact) mass is 526 g/mol.